The molecule has 0 aliphatic carbocycles. The number of morpholine rings is 1. The van der Waals surface area contributed by atoms with Crippen molar-refractivity contribution in [3.63, 3.8) is 0 Å². The number of ether oxygens (including phenoxy) is 1. The van der Waals surface area contributed by atoms with Gasteiger partial charge in [-0.25, -0.2) is 0 Å². The largest absolute Gasteiger partial charge is 0.379 e. The van der Waals surface area contributed by atoms with Crippen LogP contribution in [0.5, 0.6) is 0 Å². The molecular weight excluding hydrogens is 400 g/mol. The topological polar surface area (TPSA) is 74.8 Å². The van der Waals surface area contributed by atoms with Crippen LogP contribution in [0.1, 0.15) is 39.7 Å². The molecule has 0 bridgehead atoms. The first kappa shape index (κ1) is 21.0. The van der Waals surface area contributed by atoms with Crippen LogP contribution in [0, 0.1) is 6.92 Å². The molecular formula is C22H28N4O3S. The number of aryl methyl sites for hydroxylation is 1. The van der Waals surface area contributed by atoms with Crippen LogP contribution in [0.2, 0.25) is 0 Å². The van der Waals surface area contributed by atoms with Gasteiger partial charge in [0, 0.05) is 55.6 Å². The number of nitrogens with zero attached hydrogens (tertiary/aromatic N) is 3. The first-order chi connectivity index (χ1) is 14.5. The molecule has 2 aliphatic heterocycles. The predicted octanol–water partition coefficient (Wildman–Crippen LogP) is 1.99. The van der Waals surface area contributed by atoms with Gasteiger partial charge in [-0.1, -0.05) is 0 Å². The normalized spacial score (nSPS) is 18.0. The number of amides is 2. The van der Waals surface area contributed by atoms with Gasteiger partial charge in [0.1, 0.15) is 0 Å². The van der Waals surface area contributed by atoms with Crippen LogP contribution in [-0.4, -0.2) is 65.5 Å². The second kappa shape index (κ2) is 9.24. The Morgan fingerprint density at radius 3 is 2.83 bits per heavy atom. The summed E-state index contributed by atoms with van der Waals surface area (Å²) >= 11 is 1.51. The molecule has 0 aromatic carbocycles. The molecule has 8 heteroatoms. The third-order valence-electron chi connectivity index (χ3n) is 6.07. The van der Waals surface area contributed by atoms with Gasteiger partial charge in [-0.05, 0) is 48.4 Å². The van der Waals surface area contributed by atoms with Crippen molar-refractivity contribution in [2.75, 3.05) is 32.8 Å². The molecule has 2 amide bonds. The van der Waals surface area contributed by atoms with Crippen molar-refractivity contribution < 1.29 is 14.3 Å². The van der Waals surface area contributed by atoms with Gasteiger partial charge < -0.3 is 15.0 Å². The van der Waals surface area contributed by atoms with E-state index in [0.29, 0.717) is 38.4 Å². The number of carbonyl (C=O) groups excluding carboxylic acids is 2. The summed E-state index contributed by atoms with van der Waals surface area (Å²) in [5, 5.41) is 6.76. The number of carbonyl (C=O) groups is 2. The summed E-state index contributed by atoms with van der Waals surface area (Å²) in [6.45, 7) is 8.64. The van der Waals surface area contributed by atoms with Crippen LogP contribution in [0.15, 0.2) is 23.0 Å². The molecule has 2 aromatic heterocycles. The minimum atomic E-state index is -0.141. The fourth-order valence-corrected chi connectivity index (χ4v) is 4.83. The molecule has 2 aromatic rings. The standard InChI is InChI=1S/C22H28N4O3S/c1-15-20(12-24-21(27)17-4-10-30-14-17)19-3-5-26(13-18(19)11-23-15)22(28)16(2)25-6-8-29-9-7-25/h4,10-11,14,16H,3,5-9,12-13H2,1-2H3,(H,24,27). The number of rotatable bonds is 5. The Morgan fingerprint density at radius 1 is 1.30 bits per heavy atom. The Morgan fingerprint density at radius 2 is 2.10 bits per heavy atom. The van der Waals surface area contributed by atoms with Gasteiger partial charge in [-0.2, -0.15) is 11.3 Å². The van der Waals surface area contributed by atoms with Crippen LogP contribution in [0.25, 0.3) is 0 Å². The maximum absolute atomic E-state index is 13.1. The van der Waals surface area contributed by atoms with E-state index in [1.807, 2.05) is 41.8 Å². The highest BCUT2D eigenvalue weighted by Gasteiger charge is 2.30. The Kier molecular flexibility index (Phi) is 6.46. The van der Waals surface area contributed by atoms with Crippen molar-refractivity contribution >= 4 is 23.2 Å². The molecule has 0 radical (unpaired) electrons. The van der Waals surface area contributed by atoms with Crippen molar-refractivity contribution in [2.45, 2.75) is 39.4 Å². The molecule has 1 saturated heterocycles. The fraction of sp³-hybridized carbons (Fsp3) is 0.500. The lowest BCUT2D eigenvalue weighted by molar-refractivity contribution is -0.139. The molecule has 1 atom stereocenters. The first-order valence-corrected chi connectivity index (χ1v) is 11.4. The van der Waals surface area contributed by atoms with Gasteiger partial charge in [-0.15, -0.1) is 0 Å². The number of fused-ring (bicyclic) bond motifs is 1. The van der Waals surface area contributed by atoms with Crippen molar-refractivity contribution in [3.8, 4) is 0 Å². The molecule has 4 rings (SSSR count). The van der Waals surface area contributed by atoms with Crippen LogP contribution in [0.4, 0.5) is 0 Å². The van der Waals surface area contributed by atoms with Gasteiger partial charge in [0.05, 0.1) is 19.3 Å². The van der Waals surface area contributed by atoms with Gasteiger partial charge in [-0.3, -0.25) is 19.5 Å². The quantitative estimate of drug-likeness (QED) is 0.788. The lowest BCUT2D eigenvalue weighted by atomic mass is 9.94. The van der Waals surface area contributed by atoms with Crippen molar-refractivity contribution in [1.29, 1.82) is 0 Å². The summed E-state index contributed by atoms with van der Waals surface area (Å²) in [5.74, 6) is 0.0932. The third kappa shape index (κ3) is 4.40. The van der Waals surface area contributed by atoms with E-state index in [1.165, 1.54) is 16.9 Å². The second-order valence-electron chi connectivity index (χ2n) is 7.85. The SMILES string of the molecule is Cc1ncc2c(c1CNC(=O)c1ccsc1)CCN(C(=O)C(C)N1CCOCC1)C2. The number of nitrogens with one attached hydrogen (secondary N) is 1. The van der Waals surface area contributed by atoms with Crippen molar-refractivity contribution in [1.82, 2.24) is 20.1 Å². The van der Waals surface area contributed by atoms with E-state index in [1.54, 1.807) is 0 Å². The van der Waals surface area contributed by atoms with E-state index in [9.17, 15) is 9.59 Å². The van der Waals surface area contributed by atoms with Crippen molar-refractivity contribution in [3.05, 3.63) is 51.0 Å². The van der Waals surface area contributed by atoms with Gasteiger partial charge in [0.15, 0.2) is 0 Å². The zero-order valence-electron chi connectivity index (χ0n) is 17.5. The van der Waals surface area contributed by atoms with Gasteiger partial charge >= 0.3 is 0 Å². The van der Waals surface area contributed by atoms with E-state index in [0.717, 1.165) is 36.3 Å². The molecule has 1 N–H and O–H groups in total. The maximum Gasteiger partial charge on any atom is 0.252 e. The minimum absolute atomic E-state index is 0.0693. The Hall–Kier alpha value is -2.29. The number of hydrogen-bond donors (Lipinski definition) is 1. The molecule has 1 fully saturated rings. The van der Waals surface area contributed by atoms with E-state index in [4.69, 9.17) is 4.74 Å². The molecule has 0 saturated carbocycles. The Balaban J connectivity index is 1.44. The molecule has 0 spiro atoms. The summed E-state index contributed by atoms with van der Waals surface area (Å²) in [7, 11) is 0. The predicted molar refractivity (Wildman–Crippen MR) is 115 cm³/mol. The van der Waals surface area contributed by atoms with Crippen LogP contribution < -0.4 is 5.32 Å². The summed E-state index contributed by atoms with van der Waals surface area (Å²) in [6, 6.07) is 1.68. The summed E-state index contributed by atoms with van der Waals surface area (Å²) in [4.78, 5) is 34.1. The summed E-state index contributed by atoms with van der Waals surface area (Å²) in [6.07, 6.45) is 2.66. The smallest absolute Gasteiger partial charge is 0.252 e. The Labute approximate surface area is 181 Å². The zero-order chi connectivity index (χ0) is 21.1. The van der Waals surface area contributed by atoms with Crippen LogP contribution in [0.3, 0.4) is 0 Å². The monoisotopic (exact) mass is 428 g/mol. The lowest BCUT2D eigenvalue weighted by Crippen LogP contribution is -2.51. The minimum Gasteiger partial charge on any atom is -0.379 e. The number of aromatic nitrogens is 1. The Bertz CT molecular complexity index is 909. The molecule has 30 heavy (non-hydrogen) atoms. The number of pyridine rings is 1. The highest BCUT2D eigenvalue weighted by molar-refractivity contribution is 7.08. The highest BCUT2D eigenvalue weighted by Crippen LogP contribution is 2.25. The maximum atomic E-state index is 13.1. The van der Waals surface area contributed by atoms with Gasteiger partial charge in [0.2, 0.25) is 5.91 Å². The average Bonchev–Trinajstić information content (AvgIpc) is 3.32. The van der Waals surface area contributed by atoms with Gasteiger partial charge in [0.25, 0.3) is 5.91 Å². The number of thiophene rings is 1. The summed E-state index contributed by atoms with van der Waals surface area (Å²) in [5.41, 5.74) is 4.99. The fourth-order valence-electron chi connectivity index (χ4n) is 4.19. The lowest BCUT2D eigenvalue weighted by Gasteiger charge is -2.37. The van der Waals surface area contributed by atoms with Crippen molar-refractivity contribution in [2.24, 2.45) is 0 Å². The van der Waals surface area contributed by atoms with E-state index in [-0.39, 0.29) is 17.9 Å². The van der Waals surface area contributed by atoms with Crippen LogP contribution in [-0.2, 0) is 29.0 Å². The van der Waals surface area contributed by atoms with E-state index >= 15 is 0 Å². The first-order valence-electron chi connectivity index (χ1n) is 10.4. The average molecular weight is 429 g/mol. The zero-order valence-corrected chi connectivity index (χ0v) is 18.3. The van der Waals surface area contributed by atoms with E-state index < -0.39 is 0 Å². The molecule has 7 nitrogen and oxygen atoms in total. The second-order valence-corrected chi connectivity index (χ2v) is 8.63. The highest BCUT2D eigenvalue weighted by atomic mass is 32.1. The molecule has 2 aliphatic rings. The van der Waals surface area contributed by atoms with Crippen LogP contribution >= 0.6 is 11.3 Å². The molecule has 4 heterocycles. The third-order valence-corrected chi connectivity index (χ3v) is 6.75. The number of hydrogen-bond acceptors (Lipinski definition) is 6. The molecule has 1 unspecified atom stereocenters. The van der Waals surface area contributed by atoms with E-state index in [2.05, 4.69) is 15.2 Å². The summed E-state index contributed by atoms with van der Waals surface area (Å²) < 4.78 is 5.41. The molecule has 160 valence electrons.